The van der Waals surface area contributed by atoms with Crippen molar-refractivity contribution in [2.24, 2.45) is 0 Å². The molecule has 2 aromatic rings. The highest BCUT2D eigenvalue weighted by atomic mass is 32.2. The Labute approximate surface area is 127 Å². The maximum absolute atomic E-state index is 13.7. The van der Waals surface area contributed by atoms with Crippen molar-refractivity contribution >= 4 is 26.3 Å². The van der Waals surface area contributed by atoms with E-state index in [2.05, 4.69) is 15.5 Å². The topological polar surface area (TPSA) is 72.0 Å². The van der Waals surface area contributed by atoms with Crippen molar-refractivity contribution in [2.45, 2.75) is 29.9 Å². The fourth-order valence-corrected chi connectivity index (χ4v) is 4.37. The van der Waals surface area contributed by atoms with Crippen LogP contribution in [-0.4, -0.2) is 25.2 Å². The molecule has 114 valence electrons. The minimum absolute atomic E-state index is 0.100. The van der Waals surface area contributed by atoms with E-state index in [0.717, 1.165) is 17.8 Å². The van der Waals surface area contributed by atoms with E-state index in [1.807, 2.05) is 6.92 Å². The fourth-order valence-electron chi connectivity index (χ4n) is 1.75. The molecular weight excluding hydrogens is 313 g/mol. The molecule has 0 aliphatic heterocycles. The Kier molecular flexibility index (Phi) is 4.89. The van der Waals surface area contributed by atoms with Gasteiger partial charge in [-0.2, -0.15) is 0 Å². The molecule has 0 unspecified atom stereocenters. The summed E-state index contributed by atoms with van der Waals surface area (Å²) in [6.45, 7) is 4.14. The molecule has 0 aliphatic carbocycles. The molecule has 0 bridgehead atoms. The fraction of sp³-hybridized carbons (Fsp3) is 0.385. The van der Waals surface area contributed by atoms with E-state index in [0.29, 0.717) is 11.7 Å². The first kappa shape index (κ1) is 15.8. The van der Waals surface area contributed by atoms with Gasteiger partial charge >= 0.3 is 0 Å². The van der Waals surface area contributed by atoms with E-state index in [9.17, 15) is 12.8 Å². The van der Waals surface area contributed by atoms with Crippen molar-refractivity contribution in [3.63, 3.8) is 0 Å². The number of benzene rings is 1. The van der Waals surface area contributed by atoms with Gasteiger partial charge in [0.2, 0.25) is 19.3 Å². The van der Waals surface area contributed by atoms with Crippen LogP contribution in [0.25, 0.3) is 0 Å². The predicted octanol–water partition coefficient (Wildman–Crippen LogP) is 3.03. The number of nitrogens with one attached hydrogen (secondary N) is 1. The summed E-state index contributed by atoms with van der Waals surface area (Å²) >= 11 is 0.965. The largest absolute Gasteiger partial charge is 0.360 e. The SMILES string of the molecule is CCCNc1nnc(S(=O)(=O)[C@H](C)c2ccccc2F)s1. The molecule has 2 rings (SSSR count). The Hall–Kier alpha value is -1.54. The number of hydrogen-bond acceptors (Lipinski definition) is 6. The Bertz CT molecular complexity index is 716. The zero-order valence-corrected chi connectivity index (χ0v) is 13.3. The lowest BCUT2D eigenvalue weighted by atomic mass is 10.1. The average Bonchev–Trinajstić information content (AvgIpc) is 2.94. The van der Waals surface area contributed by atoms with Gasteiger partial charge in [0.05, 0.1) is 5.25 Å². The van der Waals surface area contributed by atoms with Crippen LogP contribution in [0.1, 0.15) is 31.1 Å². The molecule has 5 nitrogen and oxygen atoms in total. The monoisotopic (exact) mass is 329 g/mol. The standard InChI is InChI=1S/C13H16FN3O2S2/c1-3-8-15-12-16-17-13(20-12)21(18,19)9(2)10-6-4-5-7-11(10)14/h4-7,9H,3,8H2,1-2H3,(H,15,16)/t9-/m1/s1. The van der Waals surface area contributed by atoms with Gasteiger partial charge in [0.25, 0.3) is 0 Å². The van der Waals surface area contributed by atoms with Crippen LogP contribution in [0.5, 0.6) is 0 Å². The number of anilines is 1. The number of halogens is 1. The minimum atomic E-state index is -3.75. The average molecular weight is 329 g/mol. The lowest BCUT2D eigenvalue weighted by Crippen LogP contribution is -2.12. The van der Waals surface area contributed by atoms with Crippen molar-refractivity contribution in [2.75, 3.05) is 11.9 Å². The minimum Gasteiger partial charge on any atom is -0.360 e. The highest BCUT2D eigenvalue weighted by molar-refractivity contribution is 7.93. The summed E-state index contributed by atoms with van der Waals surface area (Å²) in [6, 6.07) is 5.85. The Morgan fingerprint density at radius 2 is 2.05 bits per heavy atom. The second-order valence-electron chi connectivity index (χ2n) is 4.51. The molecule has 0 amide bonds. The molecule has 0 radical (unpaired) electrons. The number of sulfone groups is 1. The third-order valence-electron chi connectivity index (χ3n) is 2.98. The second-order valence-corrected chi connectivity index (χ2v) is 7.93. The Morgan fingerprint density at radius 1 is 1.33 bits per heavy atom. The van der Waals surface area contributed by atoms with Crippen LogP contribution >= 0.6 is 11.3 Å². The molecule has 0 aliphatic rings. The first-order valence-electron chi connectivity index (χ1n) is 6.52. The molecule has 1 aromatic heterocycles. The summed E-state index contributed by atoms with van der Waals surface area (Å²) in [4.78, 5) is 0. The molecule has 21 heavy (non-hydrogen) atoms. The number of aromatic nitrogens is 2. The molecule has 0 fully saturated rings. The molecule has 0 saturated carbocycles. The van der Waals surface area contributed by atoms with Crippen LogP contribution in [0.3, 0.4) is 0 Å². The zero-order valence-electron chi connectivity index (χ0n) is 11.7. The molecule has 1 heterocycles. The molecule has 8 heteroatoms. The number of nitrogens with zero attached hydrogens (tertiary/aromatic N) is 2. The van der Waals surface area contributed by atoms with Crippen molar-refractivity contribution in [1.82, 2.24) is 10.2 Å². The highest BCUT2D eigenvalue weighted by Crippen LogP contribution is 2.32. The summed E-state index contributed by atoms with van der Waals surface area (Å²) in [7, 11) is -3.75. The van der Waals surface area contributed by atoms with Crippen LogP contribution in [0, 0.1) is 5.82 Å². The summed E-state index contributed by atoms with van der Waals surface area (Å²) in [5.41, 5.74) is 0.135. The lowest BCUT2D eigenvalue weighted by Gasteiger charge is -2.11. The van der Waals surface area contributed by atoms with E-state index < -0.39 is 20.9 Å². The molecule has 0 spiro atoms. The van der Waals surface area contributed by atoms with Crippen molar-refractivity contribution < 1.29 is 12.8 Å². The van der Waals surface area contributed by atoms with Gasteiger partial charge in [0.1, 0.15) is 5.82 Å². The molecule has 0 saturated heterocycles. The van der Waals surface area contributed by atoms with Crippen molar-refractivity contribution in [3.8, 4) is 0 Å². The van der Waals surface area contributed by atoms with Crippen LogP contribution in [0.4, 0.5) is 9.52 Å². The van der Waals surface area contributed by atoms with Gasteiger partial charge in [-0.1, -0.05) is 36.5 Å². The normalized spacial score (nSPS) is 13.1. The predicted molar refractivity (Wildman–Crippen MR) is 80.7 cm³/mol. The molecule has 1 atom stereocenters. The van der Waals surface area contributed by atoms with Crippen molar-refractivity contribution in [1.29, 1.82) is 0 Å². The number of rotatable bonds is 6. The van der Waals surface area contributed by atoms with Gasteiger partial charge in [-0.05, 0) is 19.4 Å². The maximum atomic E-state index is 13.7. The van der Waals surface area contributed by atoms with Gasteiger partial charge in [0.15, 0.2) is 0 Å². The first-order valence-corrected chi connectivity index (χ1v) is 8.88. The quantitative estimate of drug-likeness (QED) is 0.882. The Morgan fingerprint density at radius 3 is 2.71 bits per heavy atom. The van der Waals surface area contributed by atoms with Crippen LogP contribution in [0.2, 0.25) is 0 Å². The van der Waals surface area contributed by atoms with Gasteiger partial charge in [-0.3, -0.25) is 0 Å². The third kappa shape index (κ3) is 3.38. The van der Waals surface area contributed by atoms with Crippen LogP contribution < -0.4 is 5.32 Å². The summed E-state index contributed by atoms with van der Waals surface area (Å²) in [5, 5.41) is 9.95. The van der Waals surface area contributed by atoms with Crippen LogP contribution in [0.15, 0.2) is 28.6 Å². The van der Waals surface area contributed by atoms with E-state index in [1.54, 1.807) is 6.07 Å². The first-order chi connectivity index (χ1) is 9.96. The van der Waals surface area contributed by atoms with E-state index in [4.69, 9.17) is 0 Å². The smallest absolute Gasteiger partial charge is 0.234 e. The molecule has 1 aromatic carbocycles. The maximum Gasteiger partial charge on any atom is 0.234 e. The summed E-state index contributed by atoms with van der Waals surface area (Å²) in [6.07, 6.45) is 0.896. The summed E-state index contributed by atoms with van der Waals surface area (Å²) in [5.74, 6) is -0.539. The highest BCUT2D eigenvalue weighted by Gasteiger charge is 2.30. The van der Waals surface area contributed by atoms with Crippen molar-refractivity contribution in [3.05, 3.63) is 35.6 Å². The van der Waals surface area contributed by atoms with E-state index >= 15 is 0 Å². The molecule has 1 N–H and O–H groups in total. The summed E-state index contributed by atoms with van der Waals surface area (Å²) < 4.78 is 38.6. The Balaban J connectivity index is 2.29. The molecular formula is C13H16FN3O2S2. The van der Waals surface area contributed by atoms with Gasteiger partial charge in [-0.15, -0.1) is 10.2 Å². The zero-order chi connectivity index (χ0) is 15.5. The lowest BCUT2D eigenvalue weighted by molar-refractivity contribution is 0.572. The van der Waals surface area contributed by atoms with E-state index in [1.165, 1.54) is 25.1 Å². The second kappa shape index (κ2) is 6.48. The number of hydrogen-bond donors (Lipinski definition) is 1. The van der Waals surface area contributed by atoms with Gasteiger partial charge in [0, 0.05) is 12.1 Å². The van der Waals surface area contributed by atoms with Crippen LogP contribution in [-0.2, 0) is 9.84 Å². The van der Waals surface area contributed by atoms with Gasteiger partial charge < -0.3 is 5.32 Å². The third-order valence-corrected chi connectivity index (χ3v) is 6.36. The van der Waals surface area contributed by atoms with Gasteiger partial charge in [-0.25, -0.2) is 12.8 Å². The van der Waals surface area contributed by atoms with E-state index in [-0.39, 0.29) is 9.90 Å².